The molecule has 0 spiro atoms. The summed E-state index contributed by atoms with van der Waals surface area (Å²) >= 11 is 0. The van der Waals surface area contributed by atoms with Crippen LogP contribution in [0.25, 0.3) is 28.3 Å². The largest absolute Gasteiger partial charge is 0.478 e. The molecule has 0 amide bonds. The van der Waals surface area contributed by atoms with Crippen molar-refractivity contribution in [2.24, 2.45) is 0 Å². The molecule has 0 aliphatic carbocycles. The number of hydrogen-bond donors (Lipinski definition) is 2. The highest BCUT2D eigenvalue weighted by molar-refractivity contribution is 6.04. The molecule has 30 heavy (non-hydrogen) atoms. The molecule has 4 rings (SSSR count). The summed E-state index contributed by atoms with van der Waals surface area (Å²) in [6, 6.07) is 24.2. The number of allylic oxidation sites excluding steroid dienone is 1. The molecule has 0 saturated heterocycles. The van der Waals surface area contributed by atoms with Crippen LogP contribution in [0.3, 0.4) is 0 Å². The molecule has 1 heterocycles. The van der Waals surface area contributed by atoms with Crippen LogP contribution in [0.15, 0.2) is 78.9 Å². The van der Waals surface area contributed by atoms with E-state index in [1.165, 1.54) is 5.57 Å². The second-order valence-electron chi connectivity index (χ2n) is 6.86. The monoisotopic (exact) mass is 395 g/mol. The molecule has 0 fully saturated rings. The second kappa shape index (κ2) is 8.57. The zero-order valence-corrected chi connectivity index (χ0v) is 16.5. The van der Waals surface area contributed by atoms with Crippen molar-refractivity contribution in [2.75, 3.05) is 0 Å². The van der Waals surface area contributed by atoms with Gasteiger partial charge in [-0.2, -0.15) is 15.4 Å². The third kappa shape index (κ3) is 3.91. The number of carboxylic acids is 1. The molecule has 148 valence electrons. The minimum Gasteiger partial charge on any atom is -0.478 e. The Balaban J connectivity index is 1.94. The van der Waals surface area contributed by atoms with Crippen LogP contribution in [0, 0.1) is 0 Å². The van der Waals surface area contributed by atoms with Crippen LogP contribution < -0.4 is 0 Å². The summed E-state index contributed by atoms with van der Waals surface area (Å²) in [7, 11) is 0. The number of rotatable bonds is 6. The van der Waals surface area contributed by atoms with Gasteiger partial charge in [-0.3, -0.25) is 0 Å². The maximum atomic E-state index is 10.8. The van der Waals surface area contributed by atoms with E-state index < -0.39 is 5.97 Å². The quantitative estimate of drug-likeness (QED) is 0.337. The van der Waals surface area contributed by atoms with Crippen molar-refractivity contribution in [1.82, 2.24) is 15.4 Å². The van der Waals surface area contributed by atoms with Gasteiger partial charge in [0.1, 0.15) is 11.0 Å². The van der Waals surface area contributed by atoms with Crippen molar-refractivity contribution < 1.29 is 9.90 Å². The van der Waals surface area contributed by atoms with Crippen molar-refractivity contribution in [3.63, 3.8) is 0 Å². The molecule has 3 aromatic carbocycles. The highest BCUT2D eigenvalue weighted by Crippen LogP contribution is 2.36. The maximum Gasteiger partial charge on any atom is 0.328 e. The standard InChI is InChI=1S/C25H21N3O2/c1-2-20(18-7-4-3-5-8-18)24(21-9-6-10-22-25(21)27-28-26-22)19-14-11-17(12-15-19)13-16-23(29)30/h3-16H,2H2,1H3,(H,29,30)(H,26,27,28)/b16-13+,24-20+. The number of hydrogen-bond acceptors (Lipinski definition) is 3. The molecule has 5 heteroatoms. The highest BCUT2D eigenvalue weighted by atomic mass is 16.4. The number of carbonyl (C=O) groups is 1. The van der Waals surface area contributed by atoms with Crippen LogP contribution in [0.2, 0.25) is 0 Å². The average Bonchev–Trinajstić information content (AvgIpc) is 3.26. The van der Waals surface area contributed by atoms with Crippen LogP contribution in [-0.4, -0.2) is 26.5 Å². The van der Waals surface area contributed by atoms with Crippen LogP contribution in [-0.2, 0) is 4.79 Å². The molecule has 0 unspecified atom stereocenters. The molecule has 1 aromatic heterocycles. The molecule has 0 bridgehead atoms. The number of benzene rings is 3. The van der Waals surface area contributed by atoms with Gasteiger partial charge >= 0.3 is 5.97 Å². The molecular formula is C25H21N3O2. The molecule has 2 N–H and O–H groups in total. The lowest BCUT2D eigenvalue weighted by Gasteiger charge is -2.16. The zero-order valence-electron chi connectivity index (χ0n) is 16.5. The van der Waals surface area contributed by atoms with E-state index in [0.29, 0.717) is 0 Å². The van der Waals surface area contributed by atoms with Crippen molar-refractivity contribution in [3.05, 3.63) is 101 Å². The Morgan fingerprint density at radius 1 is 0.933 bits per heavy atom. The maximum absolute atomic E-state index is 10.8. The van der Waals surface area contributed by atoms with Crippen LogP contribution >= 0.6 is 0 Å². The Hall–Kier alpha value is -3.99. The predicted molar refractivity (Wildman–Crippen MR) is 120 cm³/mol. The number of nitrogens with zero attached hydrogens (tertiary/aromatic N) is 2. The zero-order chi connectivity index (χ0) is 20.9. The van der Waals surface area contributed by atoms with Crippen molar-refractivity contribution in [1.29, 1.82) is 0 Å². The van der Waals surface area contributed by atoms with Crippen molar-refractivity contribution >= 4 is 34.2 Å². The molecule has 0 saturated carbocycles. The third-order valence-electron chi connectivity index (χ3n) is 5.01. The topological polar surface area (TPSA) is 78.9 Å². The Morgan fingerprint density at radius 2 is 1.70 bits per heavy atom. The Morgan fingerprint density at radius 3 is 2.40 bits per heavy atom. The van der Waals surface area contributed by atoms with Gasteiger partial charge < -0.3 is 5.11 Å². The molecule has 0 aliphatic rings. The minimum atomic E-state index is -0.963. The first kappa shape index (κ1) is 19.3. The third-order valence-corrected chi connectivity index (χ3v) is 5.01. The number of aromatic amines is 1. The molecule has 0 radical (unpaired) electrons. The summed E-state index contributed by atoms with van der Waals surface area (Å²) in [5.41, 5.74) is 7.98. The first-order valence-corrected chi connectivity index (χ1v) is 9.77. The fourth-order valence-corrected chi connectivity index (χ4v) is 3.65. The number of H-pyrrole nitrogens is 1. The van der Waals surface area contributed by atoms with Gasteiger partial charge in [-0.15, -0.1) is 0 Å². The Labute approximate surface area is 174 Å². The summed E-state index contributed by atoms with van der Waals surface area (Å²) in [5.74, 6) is -0.963. The lowest BCUT2D eigenvalue weighted by Crippen LogP contribution is -1.96. The van der Waals surface area contributed by atoms with Gasteiger partial charge in [0, 0.05) is 11.6 Å². The number of carboxylic acid groups (broad SMARTS) is 1. The summed E-state index contributed by atoms with van der Waals surface area (Å²) in [6.07, 6.45) is 3.57. The fraction of sp³-hybridized carbons (Fsp3) is 0.0800. The van der Waals surface area contributed by atoms with E-state index in [2.05, 4.69) is 40.5 Å². The van der Waals surface area contributed by atoms with E-state index in [0.717, 1.165) is 51.4 Å². The van der Waals surface area contributed by atoms with E-state index in [9.17, 15) is 4.79 Å². The fourth-order valence-electron chi connectivity index (χ4n) is 3.65. The number of fused-ring (bicyclic) bond motifs is 1. The first-order chi connectivity index (χ1) is 14.7. The molecular weight excluding hydrogens is 374 g/mol. The lowest BCUT2D eigenvalue weighted by molar-refractivity contribution is -0.131. The number of aliphatic carboxylic acids is 1. The summed E-state index contributed by atoms with van der Waals surface area (Å²) in [4.78, 5) is 10.8. The minimum absolute atomic E-state index is 0.814. The molecule has 5 nitrogen and oxygen atoms in total. The number of nitrogens with one attached hydrogen (secondary N) is 1. The van der Waals surface area contributed by atoms with Gasteiger partial charge in [0.2, 0.25) is 0 Å². The molecule has 0 atom stereocenters. The van der Waals surface area contributed by atoms with Gasteiger partial charge in [0.15, 0.2) is 0 Å². The lowest BCUT2D eigenvalue weighted by atomic mass is 9.87. The van der Waals surface area contributed by atoms with Gasteiger partial charge in [0.25, 0.3) is 0 Å². The normalized spacial score (nSPS) is 12.3. The molecule has 0 aliphatic heterocycles. The van der Waals surface area contributed by atoms with Crippen LogP contribution in [0.4, 0.5) is 0 Å². The summed E-state index contributed by atoms with van der Waals surface area (Å²) in [6.45, 7) is 2.15. The smallest absolute Gasteiger partial charge is 0.328 e. The second-order valence-corrected chi connectivity index (χ2v) is 6.86. The Kier molecular flexibility index (Phi) is 5.52. The van der Waals surface area contributed by atoms with Gasteiger partial charge in [-0.25, -0.2) is 4.79 Å². The van der Waals surface area contributed by atoms with E-state index in [1.807, 2.05) is 54.6 Å². The van der Waals surface area contributed by atoms with E-state index in [4.69, 9.17) is 5.11 Å². The van der Waals surface area contributed by atoms with Gasteiger partial charge in [0.05, 0.1) is 0 Å². The Bertz CT molecular complexity index is 1240. The number of para-hydroxylation sites is 1. The first-order valence-electron chi connectivity index (χ1n) is 9.77. The van der Waals surface area contributed by atoms with Crippen LogP contribution in [0.1, 0.15) is 35.6 Å². The number of aromatic nitrogens is 3. The van der Waals surface area contributed by atoms with Gasteiger partial charge in [-0.05, 0) is 46.4 Å². The van der Waals surface area contributed by atoms with Crippen molar-refractivity contribution in [3.8, 4) is 0 Å². The average molecular weight is 395 g/mol. The SMILES string of the molecule is CC/C(=C(/c1ccc(/C=C/C(=O)O)cc1)c1cccc2n[nH]nc12)c1ccccc1. The van der Waals surface area contributed by atoms with Gasteiger partial charge in [-0.1, -0.05) is 73.7 Å². The van der Waals surface area contributed by atoms with Crippen LogP contribution in [0.5, 0.6) is 0 Å². The van der Waals surface area contributed by atoms with E-state index >= 15 is 0 Å². The van der Waals surface area contributed by atoms with Crippen molar-refractivity contribution in [2.45, 2.75) is 13.3 Å². The highest BCUT2D eigenvalue weighted by Gasteiger charge is 2.17. The van der Waals surface area contributed by atoms with E-state index in [-0.39, 0.29) is 0 Å². The van der Waals surface area contributed by atoms with E-state index in [1.54, 1.807) is 6.08 Å². The summed E-state index contributed by atoms with van der Waals surface area (Å²) in [5, 5.41) is 20.2. The molecule has 4 aromatic rings. The summed E-state index contributed by atoms with van der Waals surface area (Å²) < 4.78 is 0. The predicted octanol–water partition coefficient (Wildman–Crippen LogP) is 5.42.